The van der Waals surface area contributed by atoms with Crippen LogP contribution in [0, 0.1) is 0 Å². The molecule has 0 aliphatic heterocycles. The molecule has 80 valence electrons. The summed E-state index contributed by atoms with van der Waals surface area (Å²) in [5.41, 5.74) is 1.18. The van der Waals surface area contributed by atoms with Crippen LogP contribution in [-0.4, -0.2) is 16.2 Å². The monoisotopic (exact) mass is 206 g/mol. The molecular weight excluding hydrogens is 192 g/mol. The molecule has 1 rings (SSSR count). The van der Waals surface area contributed by atoms with Gasteiger partial charge in [0.2, 0.25) is 0 Å². The number of aromatic hydroxyl groups is 1. The zero-order valence-corrected chi connectivity index (χ0v) is 8.60. The lowest BCUT2D eigenvalue weighted by atomic mass is 10.1. The van der Waals surface area contributed by atoms with E-state index in [0.29, 0.717) is 18.4 Å². The summed E-state index contributed by atoms with van der Waals surface area (Å²) in [5.74, 6) is -0.633. The van der Waals surface area contributed by atoms with Gasteiger partial charge in [-0.25, -0.2) is 4.79 Å². The van der Waals surface area contributed by atoms with E-state index in [1.54, 1.807) is 25.1 Å². The van der Waals surface area contributed by atoms with Crippen LogP contribution in [0.4, 0.5) is 0 Å². The van der Waals surface area contributed by atoms with Crippen molar-refractivity contribution in [2.75, 3.05) is 0 Å². The molecule has 0 spiro atoms. The van der Waals surface area contributed by atoms with Gasteiger partial charge in [-0.3, -0.25) is 0 Å². The first-order valence-electron chi connectivity index (χ1n) is 4.78. The molecule has 0 fully saturated rings. The average Bonchev–Trinajstić information content (AvgIpc) is 2.20. The lowest BCUT2D eigenvalue weighted by Crippen LogP contribution is -1.96. The Morgan fingerprint density at radius 3 is 2.67 bits per heavy atom. The maximum Gasteiger partial charge on any atom is 0.330 e. The first kappa shape index (κ1) is 11.3. The number of carboxylic acid groups (broad SMARTS) is 1. The van der Waals surface area contributed by atoms with Crippen molar-refractivity contribution in [3.05, 3.63) is 41.5 Å². The fraction of sp³-hybridized carbons (Fsp3) is 0.250. The van der Waals surface area contributed by atoms with Crippen LogP contribution in [0.2, 0.25) is 0 Å². The van der Waals surface area contributed by atoms with Crippen LogP contribution >= 0.6 is 0 Å². The Bertz CT molecular complexity index is 380. The number of benzene rings is 1. The largest absolute Gasteiger partial charge is 0.508 e. The summed E-state index contributed by atoms with van der Waals surface area (Å²) in [5, 5.41) is 18.1. The van der Waals surface area contributed by atoms with Crippen molar-refractivity contribution in [1.82, 2.24) is 0 Å². The van der Waals surface area contributed by atoms with Crippen LogP contribution in [-0.2, 0) is 11.2 Å². The minimum atomic E-state index is -0.896. The number of para-hydroxylation sites is 1. The van der Waals surface area contributed by atoms with E-state index in [-0.39, 0.29) is 5.75 Å². The van der Waals surface area contributed by atoms with E-state index in [2.05, 4.69) is 0 Å². The van der Waals surface area contributed by atoms with Crippen molar-refractivity contribution < 1.29 is 15.0 Å². The minimum absolute atomic E-state index is 0.263. The second-order valence-electron chi connectivity index (χ2n) is 3.36. The van der Waals surface area contributed by atoms with Gasteiger partial charge in [0.15, 0.2) is 0 Å². The molecule has 0 aliphatic carbocycles. The Hall–Kier alpha value is -1.77. The molecule has 0 bridgehead atoms. The van der Waals surface area contributed by atoms with Gasteiger partial charge < -0.3 is 10.2 Å². The Labute approximate surface area is 88.7 Å². The quantitative estimate of drug-likeness (QED) is 0.743. The molecule has 0 saturated heterocycles. The van der Waals surface area contributed by atoms with Crippen molar-refractivity contribution in [3.63, 3.8) is 0 Å². The molecule has 0 atom stereocenters. The third kappa shape index (κ3) is 3.46. The lowest BCUT2D eigenvalue weighted by molar-refractivity contribution is -0.132. The SMILES string of the molecule is CC(=CCCc1ccccc1O)C(=O)O. The highest BCUT2D eigenvalue weighted by atomic mass is 16.4. The minimum Gasteiger partial charge on any atom is -0.508 e. The maximum atomic E-state index is 10.5. The molecule has 0 aliphatic rings. The Balaban J connectivity index is 2.55. The molecule has 15 heavy (non-hydrogen) atoms. The number of carboxylic acids is 1. The number of phenols is 1. The summed E-state index contributed by atoms with van der Waals surface area (Å²) >= 11 is 0. The van der Waals surface area contributed by atoms with Crippen molar-refractivity contribution in [2.45, 2.75) is 19.8 Å². The number of rotatable bonds is 4. The zero-order valence-electron chi connectivity index (χ0n) is 8.60. The topological polar surface area (TPSA) is 57.5 Å². The van der Waals surface area contributed by atoms with E-state index in [1.165, 1.54) is 0 Å². The van der Waals surface area contributed by atoms with Gasteiger partial charge in [-0.15, -0.1) is 0 Å². The predicted molar refractivity (Wildman–Crippen MR) is 57.8 cm³/mol. The summed E-state index contributed by atoms with van der Waals surface area (Å²) in [6.45, 7) is 1.56. The summed E-state index contributed by atoms with van der Waals surface area (Å²) in [7, 11) is 0. The predicted octanol–water partition coefficient (Wildman–Crippen LogP) is 2.36. The molecule has 3 heteroatoms. The first-order chi connectivity index (χ1) is 7.11. The number of phenolic OH excluding ortho intramolecular Hbond substituents is 1. The maximum absolute atomic E-state index is 10.5. The van der Waals surface area contributed by atoms with Crippen LogP contribution < -0.4 is 0 Å². The molecule has 1 aromatic carbocycles. The molecular formula is C12H14O3. The molecule has 0 radical (unpaired) electrons. The van der Waals surface area contributed by atoms with Crippen LogP contribution in [0.15, 0.2) is 35.9 Å². The second kappa shape index (κ2) is 5.20. The van der Waals surface area contributed by atoms with Crippen molar-refractivity contribution in [1.29, 1.82) is 0 Å². The van der Waals surface area contributed by atoms with Crippen LogP contribution in [0.5, 0.6) is 5.75 Å². The van der Waals surface area contributed by atoms with E-state index in [4.69, 9.17) is 5.11 Å². The second-order valence-corrected chi connectivity index (χ2v) is 3.36. The zero-order chi connectivity index (χ0) is 11.3. The molecule has 0 saturated carbocycles. The third-order valence-corrected chi connectivity index (χ3v) is 2.19. The van der Waals surface area contributed by atoms with Crippen molar-refractivity contribution in [2.24, 2.45) is 0 Å². The number of carbonyl (C=O) groups is 1. The van der Waals surface area contributed by atoms with Gasteiger partial charge >= 0.3 is 5.97 Å². The van der Waals surface area contributed by atoms with Crippen molar-refractivity contribution in [3.8, 4) is 5.75 Å². The van der Waals surface area contributed by atoms with Crippen molar-refractivity contribution >= 4 is 5.97 Å². The van der Waals surface area contributed by atoms with Gasteiger partial charge in [0.1, 0.15) is 5.75 Å². The molecule has 0 amide bonds. The Kier molecular flexibility index (Phi) is 3.92. The number of aryl methyl sites for hydroxylation is 1. The average molecular weight is 206 g/mol. The highest BCUT2D eigenvalue weighted by Crippen LogP contribution is 2.17. The summed E-state index contributed by atoms with van der Waals surface area (Å²) in [6.07, 6.45) is 2.93. The lowest BCUT2D eigenvalue weighted by Gasteiger charge is -2.01. The van der Waals surface area contributed by atoms with E-state index in [0.717, 1.165) is 5.56 Å². The first-order valence-corrected chi connectivity index (χ1v) is 4.78. The van der Waals surface area contributed by atoms with E-state index >= 15 is 0 Å². The highest BCUT2D eigenvalue weighted by Gasteiger charge is 2.00. The molecule has 3 nitrogen and oxygen atoms in total. The van der Waals surface area contributed by atoms with E-state index in [9.17, 15) is 9.90 Å². The van der Waals surface area contributed by atoms with Gasteiger partial charge in [-0.1, -0.05) is 24.3 Å². The highest BCUT2D eigenvalue weighted by molar-refractivity contribution is 5.85. The van der Waals surface area contributed by atoms with Crippen LogP contribution in [0.1, 0.15) is 18.9 Å². The summed E-state index contributed by atoms with van der Waals surface area (Å²) in [4.78, 5) is 10.5. The van der Waals surface area contributed by atoms with Gasteiger partial charge in [0.05, 0.1) is 0 Å². The Morgan fingerprint density at radius 2 is 2.07 bits per heavy atom. The summed E-state index contributed by atoms with van der Waals surface area (Å²) < 4.78 is 0. The van der Waals surface area contributed by atoms with Gasteiger partial charge in [-0.2, -0.15) is 0 Å². The Morgan fingerprint density at radius 1 is 1.40 bits per heavy atom. The smallest absolute Gasteiger partial charge is 0.330 e. The van der Waals surface area contributed by atoms with Crippen LogP contribution in [0.3, 0.4) is 0 Å². The molecule has 0 aromatic heterocycles. The summed E-state index contributed by atoms with van der Waals surface area (Å²) in [6, 6.07) is 7.07. The fourth-order valence-corrected chi connectivity index (χ4v) is 1.25. The number of aliphatic carboxylic acids is 1. The standard InChI is InChI=1S/C12H14O3/c1-9(12(14)15)5-4-7-10-6-2-3-8-11(10)13/h2-3,5-6,8,13H,4,7H2,1H3,(H,14,15). The number of hydrogen-bond acceptors (Lipinski definition) is 2. The molecule has 1 aromatic rings. The van der Waals surface area contributed by atoms with E-state index < -0.39 is 5.97 Å². The van der Waals surface area contributed by atoms with Gasteiger partial charge in [0.25, 0.3) is 0 Å². The molecule has 2 N–H and O–H groups in total. The number of hydrogen-bond donors (Lipinski definition) is 2. The normalized spacial score (nSPS) is 11.4. The molecule has 0 unspecified atom stereocenters. The van der Waals surface area contributed by atoms with Gasteiger partial charge in [-0.05, 0) is 31.4 Å². The van der Waals surface area contributed by atoms with Gasteiger partial charge in [0, 0.05) is 5.57 Å². The van der Waals surface area contributed by atoms with E-state index in [1.807, 2.05) is 12.1 Å². The number of allylic oxidation sites excluding steroid dienone is 1. The molecule has 0 heterocycles. The van der Waals surface area contributed by atoms with Crippen LogP contribution in [0.25, 0.3) is 0 Å². The fourth-order valence-electron chi connectivity index (χ4n) is 1.25. The third-order valence-electron chi connectivity index (χ3n) is 2.19.